The minimum absolute atomic E-state index is 0. The average molecular weight is 250 g/mol. The average Bonchev–Trinajstić information content (AvgIpc) is 2.26. The Labute approximate surface area is 101 Å². The number of halogens is 2. The normalized spacial score (nSPS) is 13.8. The molecule has 0 aliphatic carbocycles. The third-order valence-corrected chi connectivity index (χ3v) is 2.40. The number of nitrogens with two attached hydrogens (primary N) is 1. The summed E-state index contributed by atoms with van der Waals surface area (Å²) in [6.45, 7) is 1.79. The SMILES string of the molecule is CC[C@H](O)[C@H](N)c1c(F)cccc1OC.Cl. The van der Waals surface area contributed by atoms with E-state index in [4.69, 9.17) is 10.5 Å². The second-order valence-electron chi connectivity index (χ2n) is 3.36. The molecule has 2 atom stereocenters. The molecule has 0 unspecified atom stereocenters. The Morgan fingerprint density at radius 1 is 1.50 bits per heavy atom. The first-order valence-corrected chi connectivity index (χ1v) is 4.87. The van der Waals surface area contributed by atoms with Gasteiger partial charge in [0.1, 0.15) is 11.6 Å². The van der Waals surface area contributed by atoms with Gasteiger partial charge in [0.05, 0.1) is 19.3 Å². The van der Waals surface area contributed by atoms with Crippen molar-refractivity contribution in [2.45, 2.75) is 25.5 Å². The maximum atomic E-state index is 13.5. The molecule has 3 N–H and O–H groups in total. The molecule has 1 aromatic rings. The van der Waals surface area contributed by atoms with Crippen molar-refractivity contribution in [2.24, 2.45) is 5.73 Å². The zero-order valence-corrected chi connectivity index (χ0v) is 10.1. The summed E-state index contributed by atoms with van der Waals surface area (Å²) in [7, 11) is 1.45. The first-order chi connectivity index (χ1) is 7.11. The van der Waals surface area contributed by atoms with Gasteiger partial charge in [0.15, 0.2) is 0 Å². The predicted molar refractivity (Wildman–Crippen MR) is 63.4 cm³/mol. The largest absolute Gasteiger partial charge is 0.496 e. The molecule has 0 radical (unpaired) electrons. The molecule has 0 fully saturated rings. The van der Waals surface area contributed by atoms with Gasteiger partial charge in [-0.1, -0.05) is 13.0 Å². The molecule has 1 aromatic carbocycles. The standard InChI is InChI=1S/C11H16FNO2.ClH/c1-3-8(14)11(13)10-7(12)5-4-6-9(10)15-2;/h4-6,8,11,14H,3,13H2,1-2H3;1H/t8-,11-;/m0./s1. The van der Waals surface area contributed by atoms with E-state index in [9.17, 15) is 9.50 Å². The number of aliphatic hydroxyl groups excluding tert-OH is 1. The van der Waals surface area contributed by atoms with Crippen LogP contribution in [-0.4, -0.2) is 18.3 Å². The molecular formula is C11H17ClFNO2. The van der Waals surface area contributed by atoms with E-state index in [0.717, 1.165) is 0 Å². The van der Waals surface area contributed by atoms with Gasteiger partial charge in [-0.3, -0.25) is 0 Å². The Kier molecular flexibility index (Phi) is 6.33. The monoisotopic (exact) mass is 249 g/mol. The molecule has 0 bridgehead atoms. The summed E-state index contributed by atoms with van der Waals surface area (Å²) in [6.07, 6.45) is -0.297. The number of benzene rings is 1. The van der Waals surface area contributed by atoms with Crippen LogP contribution in [0.15, 0.2) is 18.2 Å². The van der Waals surface area contributed by atoms with Crippen LogP contribution in [0.1, 0.15) is 24.9 Å². The van der Waals surface area contributed by atoms with Gasteiger partial charge in [-0.15, -0.1) is 12.4 Å². The smallest absolute Gasteiger partial charge is 0.131 e. The number of rotatable bonds is 4. The van der Waals surface area contributed by atoms with Gasteiger partial charge in [0.25, 0.3) is 0 Å². The number of hydrogen-bond acceptors (Lipinski definition) is 3. The molecule has 0 saturated heterocycles. The lowest BCUT2D eigenvalue weighted by Gasteiger charge is -2.20. The van der Waals surface area contributed by atoms with Crippen molar-refractivity contribution in [1.82, 2.24) is 0 Å². The zero-order valence-electron chi connectivity index (χ0n) is 9.31. The third-order valence-electron chi connectivity index (χ3n) is 2.40. The molecule has 0 spiro atoms. The highest BCUT2D eigenvalue weighted by molar-refractivity contribution is 5.85. The Balaban J connectivity index is 0.00000225. The van der Waals surface area contributed by atoms with Crippen LogP contribution < -0.4 is 10.5 Å². The van der Waals surface area contributed by atoms with Crippen LogP contribution in [0.4, 0.5) is 4.39 Å². The van der Waals surface area contributed by atoms with Gasteiger partial charge in [0.2, 0.25) is 0 Å². The van der Waals surface area contributed by atoms with Crippen molar-refractivity contribution >= 4 is 12.4 Å². The number of hydrogen-bond donors (Lipinski definition) is 2. The predicted octanol–water partition coefficient (Wildman–Crippen LogP) is 2.03. The Morgan fingerprint density at radius 3 is 2.62 bits per heavy atom. The molecule has 3 nitrogen and oxygen atoms in total. The molecule has 0 amide bonds. The van der Waals surface area contributed by atoms with E-state index in [1.807, 2.05) is 0 Å². The van der Waals surface area contributed by atoms with Crippen molar-refractivity contribution < 1.29 is 14.2 Å². The van der Waals surface area contributed by atoms with Gasteiger partial charge in [-0.25, -0.2) is 4.39 Å². The van der Waals surface area contributed by atoms with Gasteiger partial charge in [0, 0.05) is 5.56 Å². The number of aliphatic hydroxyl groups is 1. The van der Waals surface area contributed by atoms with E-state index in [2.05, 4.69) is 0 Å². The summed E-state index contributed by atoms with van der Waals surface area (Å²) >= 11 is 0. The maximum absolute atomic E-state index is 13.5. The lowest BCUT2D eigenvalue weighted by atomic mass is 9.99. The molecule has 1 rings (SSSR count). The van der Waals surface area contributed by atoms with Crippen LogP contribution in [0, 0.1) is 5.82 Å². The molecule has 0 aromatic heterocycles. The highest BCUT2D eigenvalue weighted by Crippen LogP contribution is 2.28. The van der Waals surface area contributed by atoms with E-state index < -0.39 is 18.0 Å². The van der Waals surface area contributed by atoms with Crippen LogP contribution in [0.2, 0.25) is 0 Å². The molecule has 5 heteroatoms. The lowest BCUT2D eigenvalue weighted by Crippen LogP contribution is -2.26. The fourth-order valence-electron chi connectivity index (χ4n) is 1.47. The molecule has 92 valence electrons. The first kappa shape index (κ1) is 15.2. The second-order valence-corrected chi connectivity index (χ2v) is 3.36. The van der Waals surface area contributed by atoms with Crippen LogP contribution in [-0.2, 0) is 0 Å². The van der Waals surface area contributed by atoms with Crippen LogP contribution in [0.5, 0.6) is 5.75 Å². The van der Waals surface area contributed by atoms with Crippen LogP contribution in [0.25, 0.3) is 0 Å². The summed E-state index contributed by atoms with van der Waals surface area (Å²) < 4.78 is 18.5. The topological polar surface area (TPSA) is 55.5 Å². The van der Waals surface area contributed by atoms with Crippen LogP contribution >= 0.6 is 12.4 Å². The highest BCUT2D eigenvalue weighted by atomic mass is 35.5. The van der Waals surface area contributed by atoms with Crippen molar-refractivity contribution in [3.63, 3.8) is 0 Å². The summed E-state index contributed by atoms with van der Waals surface area (Å²) in [4.78, 5) is 0. The quantitative estimate of drug-likeness (QED) is 0.859. The van der Waals surface area contributed by atoms with Crippen molar-refractivity contribution in [3.05, 3.63) is 29.6 Å². The number of methoxy groups -OCH3 is 1. The van der Waals surface area contributed by atoms with Crippen LogP contribution in [0.3, 0.4) is 0 Å². The first-order valence-electron chi connectivity index (χ1n) is 4.87. The highest BCUT2D eigenvalue weighted by Gasteiger charge is 2.22. The minimum Gasteiger partial charge on any atom is -0.496 e. The van der Waals surface area contributed by atoms with E-state index in [1.54, 1.807) is 19.1 Å². The molecular weight excluding hydrogens is 233 g/mol. The van der Waals surface area contributed by atoms with E-state index in [0.29, 0.717) is 12.2 Å². The van der Waals surface area contributed by atoms with E-state index in [1.165, 1.54) is 13.2 Å². The van der Waals surface area contributed by atoms with E-state index >= 15 is 0 Å². The van der Waals surface area contributed by atoms with Crippen molar-refractivity contribution in [3.8, 4) is 5.75 Å². The van der Waals surface area contributed by atoms with Gasteiger partial charge >= 0.3 is 0 Å². The molecule has 16 heavy (non-hydrogen) atoms. The van der Waals surface area contributed by atoms with Gasteiger partial charge in [-0.05, 0) is 18.6 Å². The summed E-state index contributed by atoms with van der Waals surface area (Å²) in [5.41, 5.74) is 5.99. The fraction of sp³-hybridized carbons (Fsp3) is 0.455. The Morgan fingerprint density at radius 2 is 2.12 bits per heavy atom. The molecule has 0 heterocycles. The fourth-order valence-corrected chi connectivity index (χ4v) is 1.47. The summed E-state index contributed by atoms with van der Waals surface area (Å²) in [5, 5.41) is 9.58. The molecule has 0 saturated carbocycles. The summed E-state index contributed by atoms with van der Waals surface area (Å²) in [5.74, 6) is -0.0793. The minimum atomic E-state index is -0.768. The molecule has 0 aliphatic rings. The maximum Gasteiger partial charge on any atom is 0.131 e. The zero-order chi connectivity index (χ0) is 11.4. The van der Waals surface area contributed by atoms with Crippen molar-refractivity contribution in [1.29, 1.82) is 0 Å². The Hall–Kier alpha value is -0.840. The lowest BCUT2D eigenvalue weighted by molar-refractivity contribution is 0.137. The summed E-state index contributed by atoms with van der Waals surface area (Å²) in [6, 6.07) is 3.72. The Bertz CT molecular complexity index is 336. The van der Waals surface area contributed by atoms with Crippen molar-refractivity contribution in [2.75, 3.05) is 7.11 Å². The third kappa shape index (κ3) is 3.07. The number of ether oxygens (including phenoxy) is 1. The van der Waals surface area contributed by atoms with E-state index in [-0.39, 0.29) is 18.0 Å². The molecule has 0 aliphatic heterocycles. The second kappa shape index (κ2) is 6.68. The van der Waals surface area contributed by atoms with Gasteiger partial charge < -0.3 is 15.6 Å². The van der Waals surface area contributed by atoms with Gasteiger partial charge in [-0.2, -0.15) is 0 Å².